The lowest BCUT2D eigenvalue weighted by atomic mass is 10.0. The lowest BCUT2D eigenvalue weighted by Gasteiger charge is -2.10. The minimum atomic E-state index is -3.64. The van der Waals surface area contributed by atoms with E-state index < -0.39 is 21.7 Å². The lowest BCUT2D eigenvalue weighted by Crippen LogP contribution is -2.12. The summed E-state index contributed by atoms with van der Waals surface area (Å²) >= 11 is 0. The Morgan fingerprint density at radius 2 is 1.78 bits per heavy atom. The van der Waals surface area contributed by atoms with E-state index in [1.807, 2.05) is 0 Å². The van der Waals surface area contributed by atoms with Gasteiger partial charge < -0.3 is 15.2 Å². The summed E-state index contributed by atoms with van der Waals surface area (Å²) in [6, 6.07) is 18.6. The Hall–Kier alpha value is -4.50. The van der Waals surface area contributed by atoms with E-state index in [9.17, 15) is 23.1 Å². The molecule has 1 heterocycles. The van der Waals surface area contributed by atoms with Gasteiger partial charge in [-0.3, -0.25) is 9.78 Å². The van der Waals surface area contributed by atoms with Crippen LogP contribution in [0.5, 0.6) is 5.75 Å². The van der Waals surface area contributed by atoms with Crippen LogP contribution >= 0.6 is 0 Å². The van der Waals surface area contributed by atoms with Crippen LogP contribution in [0.2, 0.25) is 0 Å². The number of aromatic nitrogens is 1. The van der Waals surface area contributed by atoms with Crippen LogP contribution in [0.4, 0.5) is 5.69 Å². The number of benzene rings is 3. The van der Waals surface area contributed by atoms with Crippen molar-refractivity contribution < 1.29 is 29.2 Å². The molecule has 4 rings (SSSR count). The third-order valence-corrected chi connectivity index (χ3v) is 7.38. The molecule has 4 aromatic rings. The van der Waals surface area contributed by atoms with Crippen molar-refractivity contribution in [2.24, 2.45) is 0 Å². The fraction of sp³-hybridized carbons (Fsp3) is 0.107. The molecule has 0 fully saturated rings. The first-order valence-electron chi connectivity index (χ1n) is 11.7. The summed E-state index contributed by atoms with van der Waals surface area (Å²) in [6.45, 7) is 1.61. The van der Waals surface area contributed by atoms with Crippen molar-refractivity contribution in [3.63, 3.8) is 0 Å². The quantitative estimate of drug-likeness (QED) is 0.338. The molecule has 0 aliphatic carbocycles. The maximum Gasteiger partial charge on any atom is 0.337 e. The Balaban J connectivity index is 1.50. The number of ether oxygens (including phenoxy) is 1. The molecule has 0 aliphatic heterocycles. The highest BCUT2D eigenvalue weighted by Crippen LogP contribution is 2.24. The zero-order valence-corrected chi connectivity index (χ0v) is 20.9. The van der Waals surface area contributed by atoms with Crippen molar-refractivity contribution in [3.05, 3.63) is 107 Å². The first kappa shape index (κ1) is 24.2. The maximum absolute atomic E-state index is 12.9. The predicted molar refractivity (Wildman–Crippen MR) is 140 cm³/mol. The van der Waals surface area contributed by atoms with Gasteiger partial charge in [0.1, 0.15) is 5.75 Å². The van der Waals surface area contributed by atoms with E-state index in [2.05, 4.69) is 10.3 Å². The van der Waals surface area contributed by atoms with Crippen molar-refractivity contribution in [3.8, 4) is 16.9 Å². The molecule has 2 N–H and O–H groups in total. The molecule has 0 bridgehead atoms. The minimum absolute atomic E-state index is 0.0363. The number of nitrogens with one attached hydrogen (secondary N) is 1. The Labute approximate surface area is 215 Å². The molecule has 0 aliphatic rings. The number of sulfone groups is 1. The van der Waals surface area contributed by atoms with Gasteiger partial charge in [-0.2, -0.15) is 0 Å². The molecule has 8 nitrogen and oxygen atoms in total. The highest BCUT2D eigenvalue weighted by atomic mass is 32.2. The van der Waals surface area contributed by atoms with Gasteiger partial charge in [-0.1, -0.05) is 24.3 Å². The zero-order chi connectivity index (χ0) is 27.4. The smallest absolute Gasteiger partial charge is 0.337 e. The minimum Gasteiger partial charge on any atom is -0.497 e. The Morgan fingerprint density at radius 1 is 1.03 bits per heavy atom. The summed E-state index contributed by atoms with van der Waals surface area (Å²) in [4.78, 5) is 28.6. The lowest BCUT2D eigenvalue weighted by molar-refractivity contribution is 0.0695. The molecule has 0 unspecified atom stereocenters. The second-order valence-corrected chi connectivity index (χ2v) is 10.2. The Morgan fingerprint density at radius 3 is 2.46 bits per heavy atom. The number of carboxylic acids is 1. The van der Waals surface area contributed by atoms with Crippen molar-refractivity contribution in [2.45, 2.75) is 17.6 Å². The van der Waals surface area contributed by atoms with E-state index >= 15 is 0 Å². The number of aromatic carboxylic acids is 1. The van der Waals surface area contributed by atoms with E-state index in [0.717, 1.165) is 0 Å². The number of nitrogens with zero attached hydrogens (tertiary/aromatic N) is 1. The second kappa shape index (κ2) is 10.6. The first-order chi connectivity index (χ1) is 18.1. The van der Waals surface area contributed by atoms with Crippen molar-refractivity contribution in [1.29, 1.82) is 0 Å². The maximum atomic E-state index is 12.9. The predicted octanol–water partition coefficient (Wildman–Crippen LogP) is 4.99. The van der Waals surface area contributed by atoms with Crippen molar-refractivity contribution in [1.82, 2.24) is 4.98 Å². The summed E-state index contributed by atoms with van der Waals surface area (Å²) in [5, 5.41) is 12.0. The van der Waals surface area contributed by atoms with Crippen LogP contribution in [0.3, 0.4) is 0 Å². The topological polar surface area (TPSA) is 123 Å². The molecule has 1 aromatic heterocycles. The molecule has 3 aromatic carbocycles. The molecule has 0 atom stereocenters. The zero-order valence-electron chi connectivity index (χ0n) is 21.1. The molecule has 0 saturated heterocycles. The molecule has 0 spiro atoms. The molecule has 188 valence electrons. The number of carbonyl (C=O) groups is 2. The number of pyridine rings is 1. The number of rotatable bonds is 8. The van der Waals surface area contributed by atoms with E-state index in [1.54, 1.807) is 55.6 Å². The van der Waals surface area contributed by atoms with Gasteiger partial charge in [0.05, 0.1) is 30.4 Å². The number of hydrogen-bond donors (Lipinski definition) is 2. The van der Waals surface area contributed by atoms with Gasteiger partial charge in [0, 0.05) is 23.0 Å². The van der Waals surface area contributed by atoms with E-state index in [1.165, 1.54) is 37.4 Å². The largest absolute Gasteiger partial charge is 0.497 e. The molecule has 0 radical (unpaired) electrons. The number of aryl methyl sites for hydroxylation is 1. The van der Waals surface area contributed by atoms with Crippen molar-refractivity contribution in [2.75, 3.05) is 12.4 Å². The summed E-state index contributed by atoms with van der Waals surface area (Å²) in [7, 11) is -2.15. The van der Waals surface area contributed by atoms with E-state index in [-0.39, 0.29) is 27.9 Å². The van der Waals surface area contributed by atoms with Crippen LogP contribution in [0.1, 0.15) is 33.3 Å². The Bertz CT molecular complexity index is 1640. The van der Waals surface area contributed by atoms with Gasteiger partial charge in [0.2, 0.25) is 0 Å². The Kier molecular flexibility index (Phi) is 6.96. The molecule has 1 amide bonds. The second-order valence-electron chi connectivity index (χ2n) is 8.24. The van der Waals surface area contributed by atoms with Crippen LogP contribution in [0.15, 0.2) is 89.9 Å². The molecule has 37 heavy (non-hydrogen) atoms. The number of amides is 1. The highest BCUT2D eigenvalue weighted by Gasteiger charge is 2.16. The third kappa shape index (κ3) is 6.02. The fourth-order valence-electron chi connectivity index (χ4n) is 3.65. The SMILES string of the molecule is [2H]c1cc(CS(=O)(=O)c2ccc(OC)cc2)ccc1NC(=O)c1cccc(-c2cnc(C)c(C(=O)O)c2)c1. The average Bonchev–Trinajstić information content (AvgIpc) is 2.90. The summed E-state index contributed by atoms with van der Waals surface area (Å²) in [5.74, 6) is -1.32. The van der Waals surface area contributed by atoms with E-state index in [4.69, 9.17) is 6.11 Å². The van der Waals surface area contributed by atoms with Crippen LogP contribution in [0, 0.1) is 6.92 Å². The first-order valence-corrected chi connectivity index (χ1v) is 12.8. The number of hydrogen-bond acceptors (Lipinski definition) is 6. The molecular weight excluding hydrogens is 492 g/mol. The van der Waals surface area contributed by atoms with Crippen LogP contribution in [0.25, 0.3) is 11.1 Å². The summed E-state index contributed by atoms with van der Waals surface area (Å²) < 4.78 is 38.9. The van der Waals surface area contributed by atoms with Gasteiger partial charge in [0.15, 0.2) is 9.84 Å². The van der Waals surface area contributed by atoms with Gasteiger partial charge in [-0.05, 0) is 72.6 Å². The van der Waals surface area contributed by atoms with Crippen molar-refractivity contribution >= 4 is 27.4 Å². The van der Waals surface area contributed by atoms with Gasteiger partial charge in [0.25, 0.3) is 5.91 Å². The number of methoxy groups -OCH3 is 1. The standard InChI is InChI=1S/C28H24N2O6S/c1-18-26(28(32)33)15-22(16-29-18)20-4-3-5-21(14-20)27(31)30-23-8-6-19(7-9-23)17-37(34,35)25-12-10-24(36-2)11-13-25/h3-16H,17H2,1-2H3,(H,30,31)(H,32,33)/i8D. The number of carbonyl (C=O) groups excluding carboxylic acids is 1. The van der Waals surface area contributed by atoms with Gasteiger partial charge in [-0.25, -0.2) is 13.2 Å². The molecular formula is C28H24N2O6S. The molecule has 0 saturated carbocycles. The fourth-order valence-corrected chi connectivity index (χ4v) is 4.99. The highest BCUT2D eigenvalue weighted by molar-refractivity contribution is 7.90. The number of carboxylic acid groups (broad SMARTS) is 1. The number of anilines is 1. The molecule has 9 heteroatoms. The van der Waals surface area contributed by atoms with Crippen LogP contribution in [-0.2, 0) is 15.6 Å². The normalized spacial score (nSPS) is 11.5. The van der Waals surface area contributed by atoms with Crippen LogP contribution in [-0.4, -0.2) is 37.5 Å². The van der Waals surface area contributed by atoms with Gasteiger partial charge in [-0.15, -0.1) is 0 Å². The third-order valence-electron chi connectivity index (χ3n) is 5.68. The monoisotopic (exact) mass is 517 g/mol. The summed E-state index contributed by atoms with van der Waals surface area (Å²) in [5.41, 5.74) is 2.54. The average molecular weight is 518 g/mol. The van der Waals surface area contributed by atoms with E-state index in [0.29, 0.717) is 33.7 Å². The van der Waals surface area contributed by atoms with Gasteiger partial charge >= 0.3 is 5.97 Å². The van der Waals surface area contributed by atoms with Crippen LogP contribution < -0.4 is 10.1 Å². The summed E-state index contributed by atoms with van der Waals surface area (Å²) in [6.07, 6.45) is 1.54.